The second-order valence-electron chi connectivity index (χ2n) is 7.07. The average molecular weight is 392 g/mol. The van der Waals surface area contributed by atoms with Gasteiger partial charge in [-0.15, -0.1) is 0 Å². The first-order valence-corrected chi connectivity index (χ1v) is 9.25. The average Bonchev–Trinajstić information content (AvgIpc) is 3.29. The molecule has 0 radical (unpaired) electrons. The van der Waals surface area contributed by atoms with Gasteiger partial charge >= 0.3 is 5.76 Å². The van der Waals surface area contributed by atoms with Gasteiger partial charge in [0.2, 0.25) is 11.7 Å². The molecule has 0 bridgehead atoms. The van der Waals surface area contributed by atoms with E-state index in [1.54, 1.807) is 34.9 Å². The lowest BCUT2D eigenvalue weighted by Crippen LogP contribution is -2.22. The first-order chi connectivity index (χ1) is 13.9. The molecule has 4 aromatic rings. The minimum Gasteiger partial charge on any atom is -0.408 e. The van der Waals surface area contributed by atoms with Crippen LogP contribution in [0, 0.1) is 6.92 Å². The largest absolute Gasteiger partial charge is 0.420 e. The highest BCUT2D eigenvalue weighted by molar-refractivity contribution is 5.94. The molecule has 2 aromatic carbocycles. The third-order valence-corrected chi connectivity index (χ3v) is 4.57. The fourth-order valence-corrected chi connectivity index (χ4v) is 3.07. The lowest BCUT2D eigenvalue weighted by Gasteiger charge is -2.04. The molecule has 0 spiro atoms. The van der Waals surface area contributed by atoms with Crippen LogP contribution >= 0.6 is 0 Å². The summed E-state index contributed by atoms with van der Waals surface area (Å²) in [7, 11) is 0. The number of hydrogen-bond donors (Lipinski definition) is 1. The van der Waals surface area contributed by atoms with Crippen LogP contribution in [0.25, 0.3) is 22.5 Å². The lowest BCUT2D eigenvalue weighted by molar-refractivity contribution is 0.0946. The first kappa shape index (κ1) is 18.7. The summed E-state index contributed by atoms with van der Waals surface area (Å²) in [4.78, 5) is 28.5. The molecule has 1 amide bonds. The molecule has 148 valence electrons. The van der Waals surface area contributed by atoms with E-state index in [0.717, 1.165) is 5.56 Å². The van der Waals surface area contributed by atoms with Crippen molar-refractivity contribution >= 4 is 17.0 Å². The fourth-order valence-electron chi connectivity index (χ4n) is 3.07. The van der Waals surface area contributed by atoms with E-state index in [9.17, 15) is 9.59 Å². The van der Waals surface area contributed by atoms with E-state index in [4.69, 9.17) is 8.94 Å². The molecular weight excluding hydrogens is 372 g/mol. The van der Waals surface area contributed by atoms with E-state index in [2.05, 4.69) is 15.5 Å². The number of nitrogens with zero attached hydrogens (tertiary/aromatic N) is 3. The van der Waals surface area contributed by atoms with Crippen LogP contribution in [0.5, 0.6) is 0 Å². The van der Waals surface area contributed by atoms with Crippen LogP contribution in [0.2, 0.25) is 0 Å². The molecule has 8 heteroatoms. The number of carbonyl (C=O) groups is 1. The van der Waals surface area contributed by atoms with E-state index in [1.165, 1.54) is 0 Å². The summed E-state index contributed by atoms with van der Waals surface area (Å²) in [6, 6.07) is 12.6. The Kier molecular flexibility index (Phi) is 4.75. The molecule has 1 N–H and O–H groups in total. The molecule has 8 nitrogen and oxygen atoms in total. The maximum absolute atomic E-state index is 12.2. The summed E-state index contributed by atoms with van der Waals surface area (Å²) in [5, 5.41) is 6.71. The van der Waals surface area contributed by atoms with Crippen LogP contribution < -0.4 is 11.1 Å². The predicted molar refractivity (Wildman–Crippen MR) is 107 cm³/mol. The SMILES string of the molecule is Cc1ccc(C(=O)NCc2nc(-c3ccc4c(c3)oc(=O)n4C(C)C)no2)cc1. The zero-order chi connectivity index (χ0) is 20.5. The molecule has 0 saturated heterocycles. The van der Waals surface area contributed by atoms with Gasteiger partial charge < -0.3 is 14.3 Å². The number of aryl methyl sites for hydroxylation is 1. The normalized spacial score (nSPS) is 11.3. The van der Waals surface area contributed by atoms with Gasteiger partial charge in [-0.1, -0.05) is 22.9 Å². The van der Waals surface area contributed by atoms with Gasteiger partial charge in [-0.2, -0.15) is 4.98 Å². The Hall–Kier alpha value is -3.68. The van der Waals surface area contributed by atoms with E-state index in [-0.39, 0.29) is 24.4 Å². The van der Waals surface area contributed by atoms with Gasteiger partial charge in [-0.05, 0) is 51.1 Å². The Bertz CT molecular complexity index is 1230. The molecule has 2 heterocycles. The molecule has 0 aliphatic heterocycles. The van der Waals surface area contributed by atoms with E-state index in [0.29, 0.717) is 28.1 Å². The summed E-state index contributed by atoms with van der Waals surface area (Å²) in [5.74, 6) is 0.0101. The van der Waals surface area contributed by atoms with Crippen molar-refractivity contribution in [2.75, 3.05) is 0 Å². The number of hydrogen-bond acceptors (Lipinski definition) is 6. The Morgan fingerprint density at radius 1 is 1.17 bits per heavy atom. The number of nitrogens with one attached hydrogen (secondary N) is 1. The van der Waals surface area contributed by atoms with Gasteiger partial charge in [0.25, 0.3) is 5.91 Å². The molecule has 0 fully saturated rings. The highest BCUT2D eigenvalue weighted by atomic mass is 16.5. The maximum atomic E-state index is 12.2. The number of oxazole rings is 1. The molecule has 0 saturated carbocycles. The Balaban J connectivity index is 1.50. The molecule has 0 aliphatic carbocycles. The summed E-state index contributed by atoms with van der Waals surface area (Å²) in [6.45, 7) is 5.91. The van der Waals surface area contributed by atoms with Crippen molar-refractivity contribution in [3.8, 4) is 11.4 Å². The van der Waals surface area contributed by atoms with Crippen molar-refractivity contribution in [3.05, 3.63) is 70.0 Å². The van der Waals surface area contributed by atoms with Gasteiger partial charge in [0.15, 0.2) is 5.58 Å². The number of carbonyl (C=O) groups excluding carboxylic acids is 1. The smallest absolute Gasteiger partial charge is 0.408 e. The number of rotatable bonds is 5. The number of benzene rings is 2. The summed E-state index contributed by atoms with van der Waals surface area (Å²) < 4.78 is 12.1. The van der Waals surface area contributed by atoms with Gasteiger partial charge in [-0.3, -0.25) is 9.36 Å². The van der Waals surface area contributed by atoms with Gasteiger partial charge in [0, 0.05) is 17.2 Å². The third kappa shape index (κ3) is 3.69. The zero-order valence-electron chi connectivity index (χ0n) is 16.3. The molecule has 0 unspecified atom stereocenters. The van der Waals surface area contributed by atoms with Crippen LogP contribution in [0.3, 0.4) is 0 Å². The molecule has 4 rings (SSSR count). The Labute approximate surface area is 166 Å². The van der Waals surface area contributed by atoms with Crippen LogP contribution in [0.15, 0.2) is 56.2 Å². The van der Waals surface area contributed by atoms with Crippen LogP contribution in [-0.4, -0.2) is 20.6 Å². The molecule has 2 aromatic heterocycles. The van der Waals surface area contributed by atoms with Gasteiger partial charge in [-0.25, -0.2) is 4.79 Å². The van der Waals surface area contributed by atoms with Crippen LogP contribution in [0.4, 0.5) is 0 Å². The maximum Gasteiger partial charge on any atom is 0.420 e. The highest BCUT2D eigenvalue weighted by Gasteiger charge is 2.15. The lowest BCUT2D eigenvalue weighted by atomic mass is 10.1. The third-order valence-electron chi connectivity index (χ3n) is 4.57. The standard InChI is InChI=1S/C21H20N4O4/c1-12(2)25-16-9-8-15(10-17(16)28-21(25)27)19-23-18(29-24-19)11-22-20(26)14-6-4-13(3)5-7-14/h4-10,12H,11H2,1-3H3,(H,22,26). The quantitative estimate of drug-likeness (QED) is 0.558. The van der Waals surface area contributed by atoms with Crippen molar-refractivity contribution in [1.29, 1.82) is 0 Å². The molecule has 29 heavy (non-hydrogen) atoms. The second kappa shape index (κ2) is 7.38. The minimum absolute atomic E-state index is 0.0106. The van der Waals surface area contributed by atoms with Gasteiger partial charge in [0.05, 0.1) is 12.1 Å². The van der Waals surface area contributed by atoms with Crippen LogP contribution in [-0.2, 0) is 6.54 Å². The summed E-state index contributed by atoms with van der Waals surface area (Å²) in [5.41, 5.74) is 3.47. The van der Waals surface area contributed by atoms with Crippen molar-refractivity contribution in [2.45, 2.75) is 33.4 Å². The van der Waals surface area contributed by atoms with Crippen molar-refractivity contribution in [3.63, 3.8) is 0 Å². The molecule has 0 aliphatic rings. The second-order valence-corrected chi connectivity index (χ2v) is 7.07. The van der Waals surface area contributed by atoms with E-state index in [1.807, 2.05) is 32.9 Å². The minimum atomic E-state index is -0.403. The fraction of sp³-hybridized carbons (Fsp3) is 0.238. The van der Waals surface area contributed by atoms with Crippen molar-refractivity contribution in [2.24, 2.45) is 0 Å². The summed E-state index contributed by atoms with van der Waals surface area (Å²) >= 11 is 0. The topological polar surface area (TPSA) is 103 Å². The molecular formula is C21H20N4O4. The van der Waals surface area contributed by atoms with Crippen LogP contribution in [0.1, 0.15) is 41.7 Å². The van der Waals surface area contributed by atoms with E-state index >= 15 is 0 Å². The van der Waals surface area contributed by atoms with E-state index < -0.39 is 5.76 Å². The summed E-state index contributed by atoms with van der Waals surface area (Å²) in [6.07, 6.45) is 0. The highest BCUT2D eigenvalue weighted by Crippen LogP contribution is 2.23. The predicted octanol–water partition coefficient (Wildman–Crippen LogP) is 3.46. The number of aromatic nitrogens is 3. The molecule has 0 atom stereocenters. The van der Waals surface area contributed by atoms with Crippen molar-refractivity contribution in [1.82, 2.24) is 20.0 Å². The van der Waals surface area contributed by atoms with Crippen molar-refractivity contribution < 1.29 is 13.7 Å². The first-order valence-electron chi connectivity index (χ1n) is 9.25. The zero-order valence-corrected chi connectivity index (χ0v) is 16.3. The number of fused-ring (bicyclic) bond motifs is 1. The monoisotopic (exact) mass is 392 g/mol. The Morgan fingerprint density at radius 2 is 1.93 bits per heavy atom. The number of amides is 1. The Morgan fingerprint density at radius 3 is 2.66 bits per heavy atom. The van der Waals surface area contributed by atoms with Gasteiger partial charge in [0.1, 0.15) is 0 Å².